The van der Waals surface area contributed by atoms with Gasteiger partial charge in [-0.25, -0.2) is 4.79 Å². The van der Waals surface area contributed by atoms with Crippen LogP contribution in [0.1, 0.15) is 0 Å². The normalized spacial score (nSPS) is 13.2. The zero-order chi connectivity index (χ0) is 12.8. The highest BCUT2D eigenvalue weighted by Gasteiger charge is 2.28. The monoisotopic (exact) mass is 245 g/mol. The van der Waals surface area contributed by atoms with E-state index in [0.717, 1.165) is 0 Å². The first-order valence-corrected chi connectivity index (χ1v) is 4.04. The average molecular weight is 245 g/mol. The third-order valence-corrected chi connectivity index (χ3v) is 1.31. The maximum Gasteiger partial charge on any atom is 0.411 e. The number of aliphatic hydroxyl groups is 1. The lowest BCUT2D eigenvalue weighted by Gasteiger charge is -2.12. The number of carbonyl (C=O) groups is 2. The van der Waals surface area contributed by atoms with E-state index in [1.807, 2.05) is 0 Å². The van der Waals surface area contributed by atoms with Gasteiger partial charge in [0.05, 0.1) is 6.61 Å². The van der Waals surface area contributed by atoms with Crippen molar-refractivity contribution in [2.75, 3.05) is 19.8 Å². The van der Waals surface area contributed by atoms with Crippen molar-refractivity contribution in [1.82, 2.24) is 5.32 Å². The Kier molecular flexibility index (Phi) is 5.75. The Morgan fingerprint density at radius 1 is 1.38 bits per heavy atom. The van der Waals surface area contributed by atoms with Crippen LogP contribution in [-0.4, -0.2) is 54.1 Å². The maximum absolute atomic E-state index is 11.6. The summed E-state index contributed by atoms with van der Waals surface area (Å²) in [6.07, 6.45) is -4.55. The van der Waals surface area contributed by atoms with Crippen LogP contribution in [0.4, 0.5) is 13.2 Å². The summed E-state index contributed by atoms with van der Waals surface area (Å²) >= 11 is 0. The number of ether oxygens (including phenoxy) is 1. The fourth-order valence-corrected chi connectivity index (χ4v) is 0.681. The first-order valence-electron chi connectivity index (χ1n) is 4.04. The van der Waals surface area contributed by atoms with E-state index in [0.29, 0.717) is 0 Å². The van der Waals surface area contributed by atoms with Crippen molar-refractivity contribution >= 4 is 11.9 Å². The molecule has 3 N–H and O–H groups in total. The van der Waals surface area contributed by atoms with Gasteiger partial charge in [0, 0.05) is 0 Å². The Morgan fingerprint density at radius 3 is 2.31 bits per heavy atom. The highest BCUT2D eigenvalue weighted by molar-refractivity contribution is 5.84. The summed E-state index contributed by atoms with van der Waals surface area (Å²) in [5.41, 5.74) is 0. The van der Waals surface area contributed by atoms with Crippen LogP contribution in [-0.2, 0) is 14.3 Å². The number of aliphatic carboxylic acids is 1. The van der Waals surface area contributed by atoms with Gasteiger partial charge in [0.15, 0.2) is 0 Å². The fraction of sp³-hybridized carbons (Fsp3) is 0.714. The lowest BCUT2D eigenvalue weighted by atomic mass is 10.3. The van der Waals surface area contributed by atoms with Crippen molar-refractivity contribution in [3.63, 3.8) is 0 Å². The minimum atomic E-state index is -4.55. The van der Waals surface area contributed by atoms with Gasteiger partial charge in [0.2, 0.25) is 5.91 Å². The van der Waals surface area contributed by atoms with Gasteiger partial charge >= 0.3 is 12.1 Å². The molecule has 1 atom stereocenters. The lowest BCUT2D eigenvalue weighted by Crippen LogP contribution is -2.45. The molecule has 0 rings (SSSR count). The SMILES string of the molecule is O=C(COCC(F)(F)F)N[C@H](CO)C(=O)O. The van der Waals surface area contributed by atoms with Crippen molar-refractivity contribution in [1.29, 1.82) is 0 Å². The molecule has 0 unspecified atom stereocenters. The maximum atomic E-state index is 11.6. The second-order valence-corrected chi connectivity index (χ2v) is 2.75. The van der Waals surface area contributed by atoms with Crippen LogP contribution in [0.3, 0.4) is 0 Å². The van der Waals surface area contributed by atoms with E-state index in [9.17, 15) is 22.8 Å². The third-order valence-electron chi connectivity index (χ3n) is 1.31. The zero-order valence-electron chi connectivity index (χ0n) is 7.95. The molecular formula is C7H10F3NO5. The van der Waals surface area contributed by atoms with Gasteiger partial charge in [0.25, 0.3) is 0 Å². The highest BCUT2D eigenvalue weighted by atomic mass is 19.4. The average Bonchev–Trinajstić information content (AvgIpc) is 2.11. The summed E-state index contributed by atoms with van der Waals surface area (Å²) in [4.78, 5) is 21.1. The summed E-state index contributed by atoms with van der Waals surface area (Å²) < 4.78 is 38.7. The van der Waals surface area contributed by atoms with Gasteiger partial charge in [0.1, 0.15) is 19.3 Å². The van der Waals surface area contributed by atoms with E-state index in [4.69, 9.17) is 10.2 Å². The number of carboxylic acid groups (broad SMARTS) is 1. The van der Waals surface area contributed by atoms with Gasteiger partial charge in [-0.15, -0.1) is 0 Å². The Balaban J connectivity index is 3.86. The molecule has 0 aliphatic heterocycles. The molecule has 1 amide bonds. The van der Waals surface area contributed by atoms with E-state index in [1.165, 1.54) is 0 Å². The first kappa shape index (κ1) is 14.6. The topological polar surface area (TPSA) is 95.9 Å². The van der Waals surface area contributed by atoms with Crippen LogP contribution in [0.25, 0.3) is 0 Å². The largest absolute Gasteiger partial charge is 0.480 e. The van der Waals surface area contributed by atoms with Crippen LogP contribution < -0.4 is 5.32 Å². The van der Waals surface area contributed by atoms with Crippen LogP contribution in [0, 0.1) is 0 Å². The number of carboxylic acids is 1. The molecule has 0 aromatic rings. The minimum Gasteiger partial charge on any atom is -0.480 e. The van der Waals surface area contributed by atoms with Crippen molar-refractivity contribution in [3.05, 3.63) is 0 Å². The van der Waals surface area contributed by atoms with Crippen LogP contribution in [0.5, 0.6) is 0 Å². The minimum absolute atomic E-state index is 0.861. The molecule has 0 aliphatic rings. The van der Waals surface area contributed by atoms with Gasteiger partial charge in [-0.2, -0.15) is 13.2 Å². The molecule has 16 heavy (non-hydrogen) atoms. The van der Waals surface area contributed by atoms with E-state index < -0.39 is 43.9 Å². The smallest absolute Gasteiger partial charge is 0.411 e. The van der Waals surface area contributed by atoms with E-state index in [-0.39, 0.29) is 0 Å². The summed E-state index contributed by atoms with van der Waals surface area (Å²) in [7, 11) is 0. The number of aliphatic hydroxyl groups excluding tert-OH is 1. The van der Waals surface area contributed by atoms with Crippen molar-refractivity contribution in [3.8, 4) is 0 Å². The van der Waals surface area contributed by atoms with E-state index >= 15 is 0 Å². The number of amides is 1. The molecule has 9 heteroatoms. The van der Waals surface area contributed by atoms with Crippen molar-refractivity contribution < 1.29 is 37.7 Å². The number of halogens is 3. The second kappa shape index (κ2) is 6.28. The lowest BCUT2D eigenvalue weighted by molar-refractivity contribution is -0.176. The number of alkyl halides is 3. The Bertz CT molecular complexity index is 255. The van der Waals surface area contributed by atoms with Crippen molar-refractivity contribution in [2.24, 2.45) is 0 Å². The molecule has 0 radical (unpaired) electrons. The highest BCUT2D eigenvalue weighted by Crippen LogP contribution is 2.13. The number of hydrogen-bond acceptors (Lipinski definition) is 4. The molecule has 94 valence electrons. The second-order valence-electron chi connectivity index (χ2n) is 2.75. The van der Waals surface area contributed by atoms with Crippen LogP contribution >= 0.6 is 0 Å². The van der Waals surface area contributed by atoms with Gasteiger partial charge in [-0.05, 0) is 0 Å². The third kappa shape index (κ3) is 7.01. The zero-order valence-corrected chi connectivity index (χ0v) is 7.95. The standard InChI is InChI=1S/C7H10F3NO5/c8-7(9,10)3-16-2-5(13)11-4(1-12)6(14)15/h4,12H,1-3H2,(H,11,13)(H,14,15)/t4-/m1/s1. The van der Waals surface area contributed by atoms with Crippen LogP contribution in [0.2, 0.25) is 0 Å². The molecule has 0 aromatic heterocycles. The number of hydrogen-bond donors (Lipinski definition) is 3. The molecule has 0 bridgehead atoms. The van der Waals surface area contributed by atoms with E-state index in [2.05, 4.69) is 4.74 Å². The molecule has 0 aliphatic carbocycles. The Labute approximate surface area is 88.0 Å². The Morgan fingerprint density at radius 2 is 1.94 bits per heavy atom. The van der Waals surface area contributed by atoms with Crippen molar-refractivity contribution in [2.45, 2.75) is 12.2 Å². The quantitative estimate of drug-likeness (QED) is 0.565. The molecule has 6 nitrogen and oxygen atoms in total. The number of nitrogens with one attached hydrogen (secondary N) is 1. The Hall–Kier alpha value is -1.35. The molecule has 0 saturated heterocycles. The molecule has 0 saturated carbocycles. The number of carbonyl (C=O) groups excluding carboxylic acids is 1. The first-order chi connectivity index (χ1) is 7.26. The predicted molar refractivity (Wildman–Crippen MR) is 43.5 cm³/mol. The molecule has 0 aromatic carbocycles. The van der Waals surface area contributed by atoms with Gasteiger partial charge in [-0.1, -0.05) is 0 Å². The van der Waals surface area contributed by atoms with E-state index in [1.54, 1.807) is 5.32 Å². The molecule has 0 heterocycles. The summed E-state index contributed by atoms with van der Waals surface area (Å²) in [5.74, 6) is -2.54. The molecule has 0 spiro atoms. The molecular weight excluding hydrogens is 235 g/mol. The fourth-order valence-electron chi connectivity index (χ4n) is 0.681. The molecule has 0 fully saturated rings. The summed E-state index contributed by atoms with van der Waals surface area (Å²) in [5, 5.41) is 18.6. The predicted octanol–water partition coefficient (Wildman–Crippen LogP) is -0.873. The van der Waals surface area contributed by atoms with Gasteiger partial charge in [-0.3, -0.25) is 4.79 Å². The summed E-state index contributed by atoms with van der Waals surface area (Å²) in [6, 6.07) is -1.55. The number of rotatable bonds is 6. The summed E-state index contributed by atoms with van der Waals surface area (Å²) in [6.45, 7) is -3.39. The van der Waals surface area contributed by atoms with Gasteiger partial charge < -0.3 is 20.3 Å². The van der Waals surface area contributed by atoms with Crippen LogP contribution in [0.15, 0.2) is 0 Å².